The summed E-state index contributed by atoms with van der Waals surface area (Å²) in [5.74, 6) is -1.02. The topological polar surface area (TPSA) is 84.2 Å². The molecular weight excluding hydrogens is 246 g/mol. The van der Waals surface area contributed by atoms with Crippen molar-refractivity contribution in [3.05, 3.63) is 22.7 Å². The van der Waals surface area contributed by atoms with Gasteiger partial charge in [-0.2, -0.15) is 0 Å². The zero-order chi connectivity index (χ0) is 14.6. The first kappa shape index (κ1) is 15.2. The number of nitrogens with one attached hydrogen (secondary N) is 1. The van der Waals surface area contributed by atoms with Crippen LogP contribution in [-0.2, 0) is 10.3 Å². The lowest BCUT2D eigenvalue weighted by Crippen LogP contribution is -2.35. The molecule has 0 bridgehead atoms. The molecule has 1 aromatic heterocycles. The van der Waals surface area contributed by atoms with E-state index in [9.17, 15) is 9.59 Å². The quantitative estimate of drug-likeness (QED) is 0.845. The van der Waals surface area contributed by atoms with Crippen molar-refractivity contribution < 1.29 is 9.90 Å². The summed E-state index contributed by atoms with van der Waals surface area (Å²) in [6.45, 7) is 7.85. The van der Waals surface area contributed by atoms with Crippen molar-refractivity contribution >= 4 is 11.8 Å². The van der Waals surface area contributed by atoms with Gasteiger partial charge in [0.2, 0.25) is 0 Å². The Labute approximate surface area is 112 Å². The van der Waals surface area contributed by atoms with Gasteiger partial charge in [0.1, 0.15) is 0 Å². The highest BCUT2D eigenvalue weighted by Gasteiger charge is 2.17. The molecule has 19 heavy (non-hydrogen) atoms. The Balaban J connectivity index is 2.76. The van der Waals surface area contributed by atoms with E-state index in [2.05, 4.69) is 10.3 Å². The smallest absolute Gasteiger partial charge is 0.306 e. The lowest BCUT2D eigenvalue weighted by Gasteiger charge is -2.22. The summed E-state index contributed by atoms with van der Waals surface area (Å²) in [6.07, 6.45) is 3.66. The van der Waals surface area contributed by atoms with Crippen LogP contribution in [0.5, 0.6) is 0 Å². The van der Waals surface area contributed by atoms with Crippen LogP contribution in [0.25, 0.3) is 0 Å². The fraction of sp³-hybridized carbons (Fsp3) is 0.615. The minimum atomic E-state index is -0.838. The van der Waals surface area contributed by atoms with E-state index in [1.54, 1.807) is 23.9 Å². The van der Waals surface area contributed by atoms with Gasteiger partial charge >= 0.3 is 5.97 Å². The maximum atomic E-state index is 12.1. The number of hydrogen-bond donors (Lipinski definition) is 2. The molecule has 1 unspecified atom stereocenters. The number of nitrogens with zero attached hydrogens (tertiary/aromatic N) is 2. The Hall–Kier alpha value is -1.85. The molecule has 0 aliphatic heterocycles. The number of carboxylic acid groups (broad SMARTS) is 1. The Bertz CT molecular complexity index is 503. The third-order valence-corrected chi connectivity index (χ3v) is 2.85. The van der Waals surface area contributed by atoms with Crippen molar-refractivity contribution in [2.24, 2.45) is 5.92 Å². The normalized spacial score (nSPS) is 13.1. The van der Waals surface area contributed by atoms with E-state index in [0.717, 1.165) is 0 Å². The van der Waals surface area contributed by atoms with Crippen molar-refractivity contribution in [3.8, 4) is 0 Å². The Morgan fingerprint density at radius 3 is 2.68 bits per heavy atom. The predicted octanol–water partition coefficient (Wildman–Crippen LogP) is 1.52. The average Bonchev–Trinajstić information content (AvgIpc) is 2.29. The van der Waals surface area contributed by atoms with Crippen LogP contribution in [0, 0.1) is 5.92 Å². The van der Waals surface area contributed by atoms with Gasteiger partial charge in [0, 0.05) is 24.5 Å². The molecule has 0 aliphatic rings. The highest BCUT2D eigenvalue weighted by Crippen LogP contribution is 2.11. The van der Waals surface area contributed by atoms with Crippen LogP contribution in [0.15, 0.2) is 17.2 Å². The first-order chi connectivity index (χ1) is 8.73. The van der Waals surface area contributed by atoms with Crippen molar-refractivity contribution in [2.45, 2.75) is 39.7 Å². The van der Waals surface area contributed by atoms with E-state index in [-0.39, 0.29) is 16.9 Å². The molecule has 0 aliphatic carbocycles. The van der Waals surface area contributed by atoms with Gasteiger partial charge in [0.25, 0.3) is 5.56 Å². The van der Waals surface area contributed by atoms with Crippen LogP contribution in [0.2, 0.25) is 0 Å². The van der Waals surface area contributed by atoms with Gasteiger partial charge < -0.3 is 15.0 Å². The van der Waals surface area contributed by atoms with Gasteiger partial charge in [-0.25, -0.2) is 4.98 Å². The van der Waals surface area contributed by atoms with E-state index in [0.29, 0.717) is 13.0 Å². The minimum absolute atomic E-state index is 0.196. The third kappa shape index (κ3) is 4.08. The fourth-order valence-corrected chi connectivity index (χ4v) is 1.59. The molecule has 6 heteroatoms. The van der Waals surface area contributed by atoms with E-state index < -0.39 is 11.9 Å². The second-order valence-corrected chi connectivity index (χ2v) is 5.58. The van der Waals surface area contributed by atoms with Gasteiger partial charge in [-0.3, -0.25) is 9.59 Å². The molecule has 6 nitrogen and oxygen atoms in total. The predicted molar refractivity (Wildman–Crippen MR) is 73.4 cm³/mol. The molecule has 0 aromatic carbocycles. The summed E-state index contributed by atoms with van der Waals surface area (Å²) >= 11 is 0. The summed E-state index contributed by atoms with van der Waals surface area (Å²) in [5, 5.41) is 11.7. The number of aliphatic carboxylic acids is 1. The van der Waals surface area contributed by atoms with Gasteiger partial charge in [-0.05, 0) is 27.2 Å². The van der Waals surface area contributed by atoms with Crippen LogP contribution < -0.4 is 10.9 Å². The maximum Gasteiger partial charge on any atom is 0.306 e. The molecular formula is C13H21N3O3. The molecule has 1 rings (SSSR count). The van der Waals surface area contributed by atoms with Crippen molar-refractivity contribution in [1.82, 2.24) is 9.55 Å². The number of anilines is 1. The average molecular weight is 267 g/mol. The molecule has 0 saturated heterocycles. The van der Waals surface area contributed by atoms with E-state index in [4.69, 9.17) is 5.11 Å². The number of carboxylic acids is 1. The molecule has 0 amide bonds. The SMILES string of the molecule is CC(CCNc1nccn(C(C)(C)C)c1=O)C(=O)O. The summed E-state index contributed by atoms with van der Waals surface area (Å²) in [4.78, 5) is 26.8. The maximum absolute atomic E-state index is 12.1. The molecule has 106 valence electrons. The molecule has 0 spiro atoms. The van der Waals surface area contributed by atoms with E-state index in [1.807, 2.05) is 20.8 Å². The van der Waals surface area contributed by atoms with E-state index in [1.165, 1.54) is 0 Å². The van der Waals surface area contributed by atoms with Crippen molar-refractivity contribution in [2.75, 3.05) is 11.9 Å². The summed E-state index contributed by atoms with van der Waals surface area (Å²) in [6, 6.07) is 0. The fourth-order valence-electron chi connectivity index (χ4n) is 1.59. The van der Waals surface area contributed by atoms with Gasteiger partial charge in [0.05, 0.1) is 5.92 Å². The van der Waals surface area contributed by atoms with Crippen molar-refractivity contribution in [3.63, 3.8) is 0 Å². The second-order valence-electron chi connectivity index (χ2n) is 5.58. The van der Waals surface area contributed by atoms with Crippen LogP contribution >= 0.6 is 0 Å². The monoisotopic (exact) mass is 267 g/mol. The largest absolute Gasteiger partial charge is 0.481 e. The van der Waals surface area contributed by atoms with Gasteiger partial charge in [0.15, 0.2) is 5.82 Å². The standard InChI is InChI=1S/C13H21N3O3/c1-9(12(18)19)5-6-14-10-11(17)16(8-7-15-10)13(2,3)4/h7-9H,5-6H2,1-4H3,(H,14,15)(H,18,19). The molecule has 1 atom stereocenters. The highest BCUT2D eigenvalue weighted by molar-refractivity contribution is 5.69. The second kappa shape index (κ2) is 5.86. The molecule has 1 aromatic rings. The van der Waals surface area contributed by atoms with E-state index >= 15 is 0 Å². The Morgan fingerprint density at radius 1 is 1.53 bits per heavy atom. The number of rotatable bonds is 5. The molecule has 0 saturated carbocycles. The van der Waals surface area contributed by atoms with Gasteiger partial charge in [-0.1, -0.05) is 6.92 Å². The first-order valence-corrected chi connectivity index (χ1v) is 6.28. The highest BCUT2D eigenvalue weighted by atomic mass is 16.4. The zero-order valence-electron chi connectivity index (χ0n) is 11.8. The summed E-state index contributed by atoms with van der Waals surface area (Å²) in [7, 11) is 0. The number of hydrogen-bond acceptors (Lipinski definition) is 4. The van der Waals surface area contributed by atoms with Crippen LogP contribution in [0.3, 0.4) is 0 Å². The number of aromatic nitrogens is 2. The van der Waals surface area contributed by atoms with Gasteiger partial charge in [-0.15, -0.1) is 0 Å². The third-order valence-electron chi connectivity index (χ3n) is 2.85. The zero-order valence-corrected chi connectivity index (χ0v) is 11.8. The van der Waals surface area contributed by atoms with Crippen LogP contribution in [0.4, 0.5) is 5.82 Å². The van der Waals surface area contributed by atoms with Crippen LogP contribution in [-0.4, -0.2) is 27.2 Å². The Morgan fingerprint density at radius 2 is 2.16 bits per heavy atom. The molecule has 0 radical (unpaired) electrons. The minimum Gasteiger partial charge on any atom is -0.481 e. The summed E-state index contributed by atoms with van der Waals surface area (Å²) in [5.41, 5.74) is -0.511. The lowest BCUT2D eigenvalue weighted by atomic mass is 10.1. The summed E-state index contributed by atoms with van der Waals surface area (Å²) < 4.78 is 1.60. The molecule has 2 N–H and O–H groups in total. The first-order valence-electron chi connectivity index (χ1n) is 6.28. The van der Waals surface area contributed by atoms with Crippen LogP contribution in [0.1, 0.15) is 34.1 Å². The number of carbonyl (C=O) groups is 1. The van der Waals surface area contributed by atoms with Crippen molar-refractivity contribution in [1.29, 1.82) is 0 Å². The molecule has 1 heterocycles. The lowest BCUT2D eigenvalue weighted by molar-refractivity contribution is -0.141. The molecule has 0 fully saturated rings. The Kier molecular flexibility index (Phi) is 4.69.